The Morgan fingerprint density at radius 1 is 1.14 bits per heavy atom. The number of hydrogen-bond acceptors (Lipinski definition) is 4. The van der Waals surface area contributed by atoms with Gasteiger partial charge in [0.25, 0.3) is 0 Å². The molecule has 0 aliphatic rings. The van der Waals surface area contributed by atoms with E-state index in [1.165, 1.54) is 37.5 Å². The lowest BCUT2D eigenvalue weighted by Gasteiger charge is -2.09. The molecule has 150 valence electrons. The SMILES string of the molecule is COc1cc(N)ccc1NC(=O)/C=C/c1ccc(-c2cccc(C(F)(F)F)c2)o1. The zero-order valence-corrected chi connectivity index (χ0v) is 15.3. The highest BCUT2D eigenvalue weighted by Gasteiger charge is 2.30. The van der Waals surface area contributed by atoms with E-state index in [2.05, 4.69) is 5.32 Å². The maximum Gasteiger partial charge on any atom is 0.416 e. The van der Waals surface area contributed by atoms with Gasteiger partial charge in [-0.3, -0.25) is 4.79 Å². The van der Waals surface area contributed by atoms with Crippen LogP contribution in [0, 0.1) is 0 Å². The highest BCUT2D eigenvalue weighted by molar-refractivity contribution is 6.02. The molecule has 1 aromatic heterocycles. The van der Waals surface area contributed by atoms with Crippen molar-refractivity contribution in [3.8, 4) is 17.1 Å². The molecule has 3 aromatic rings. The van der Waals surface area contributed by atoms with Crippen molar-refractivity contribution >= 4 is 23.4 Å². The van der Waals surface area contributed by atoms with Crippen LogP contribution < -0.4 is 15.8 Å². The summed E-state index contributed by atoms with van der Waals surface area (Å²) in [7, 11) is 1.46. The van der Waals surface area contributed by atoms with E-state index in [9.17, 15) is 18.0 Å². The van der Waals surface area contributed by atoms with Crippen molar-refractivity contribution in [3.05, 3.63) is 72.0 Å². The summed E-state index contributed by atoms with van der Waals surface area (Å²) in [4.78, 5) is 12.1. The number of halogens is 3. The Hall–Kier alpha value is -3.68. The van der Waals surface area contributed by atoms with E-state index >= 15 is 0 Å². The van der Waals surface area contributed by atoms with E-state index in [1.54, 1.807) is 24.3 Å². The van der Waals surface area contributed by atoms with Gasteiger partial charge in [-0.05, 0) is 42.5 Å². The van der Waals surface area contributed by atoms with Gasteiger partial charge in [-0.2, -0.15) is 13.2 Å². The quantitative estimate of drug-likeness (QED) is 0.454. The highest BCUT2D eigenvalue weighted by atomic mass is 19.4. The Kier molecular flexibility index (Phi) is 5.63. The van der Waals surface area contributed by atoms with Gasteiger partial charge >= 0.3 is 6.18 Å². The monoisotopic (exact) mass is 402 g/mol. The number of anilines is 2. The zero-order valence-electron chi connectivity index (χ0n) is 15.3. The average molecular weight is 402 g/mol. The fourth-order valence-electron chi connectivity index (χ4n) is 2.59. The predicted octanol–water partition coefficient (Wildman–Crippen LogP) is 5.21. The van der Waals surface area contributed by atoms with Crippen molar-refractivity contribution in [3.63, 3.8) is 0 Å². The molecule has 29 heavy (non-hydrogen) atoms. The van der Waals surface area contributed by atoms with Gasteiger partial charge in [-0.1, -0.05) is 12.1 Å². The molecule has 0 unspecified atom stereocenters. The van der Waals surface area contributed by atoms with Crippen LogP contribution in [0.2, 0.25) is 0 Å². The second kappa shape index (κ2) is 8.14. The summed E-state index contributed by atoms with van der Waals surface area (Å²) in [5.41, 5.74) is 6.13. The average Bonchev–Trinajstić information content (AvgIpc) is 3.16. The van der Waals surface area contributed by atoms with Crippen molar-refractivity contribution in [1.29, 1.82) is 0 Å². The van der Waals surface area contributed by atoms with Gasteiger partial charge in [0.2, 0.25) is 5.91 Å². The van der Waals surface area contributed by atoms with Crippen molar-refractivity contribution in [1.82, 2.24) is 0 Å². The number of nitrogen functional groups attached to an aromatic ring is 1. The van der Waals surface area contributed by atoms with Gasteiger partial charge in [0.1, 0.15) is 17.3 Å². The van der Waals surface area contributed by atoms with E-state index < -0.39 is 17.6 Å². The van der Waals surface area contributed by atoms with Crippen LogP contribution in [0.4, 0.5) is 24.5 Å². The third-order valence-corrected chi connectivity index (χ3v) is 3.98. The standard InChI is InChI=1S/C21H17F3N2O3/c1-28-19-12-15(25)5-8-17(19)26-20(27)10-7-16-6-9-18(29-16)13-3-2-4-14(11-13)21(22,23)24/h2-12H,25H2,1H3,(H,26,27)/b10-7+. The molecule has 0 spiro atoms. The molecule has 3 rings (SSSR count). The zero-order chi connectivity index (χ0) is 21.0. The molecular formula is C21H17F3N2O3. The van der Waals surface area contributed by atoms with Crippen LogP contribution in [0.15, 0.2) is 65.1 Å². The molecule has 0 saturated carbocycles. The molecular weight excluding hydrogens is 385 g/mol. The summed E-state index contributed by atoms with van der Waals surface area (Å²) >= 11 is 0. The predicted molar refractivity (Wildman–Crippen MR) is 104 cm³/mol. The number of benzene rings is 2. The Morgan fingerprint density at radius 3 is 2.66 bits per heavy atom. The Balaban J connectivity index is 1.72. The fraction of sp³-hybridized carbons (Fsp3) is 0.0952. The molecule has 0 aliphatic carbocycles. The first-order valence-electron chi connectivity index (χ1n) is 8.46. The van der Waals surface area contributed by atoms with Crippen LogP contribution in [-0.2, 0) is 11.0 Å². The molecule has 1 amide bonds. The second-order valence-electron chi connectivity index (χ2n) is 6.06. The minimum Gasteiger partial charge on any atom is -0.494 e. The first-order valence-corrected chi connectivity index (χ1v) is 8.46. The lowest BCUT2D eigenvalue weighted by atomic mass is 10.1. The minimum atomic E-state index is -4.44. The Labute approximate surface area is 164 Å². The molecule has 1 heterocycles. The van der Waals surface area contributed by atoms with Gasteiger partial charge in [0, 0.05) is 23.4 Å². The lowest BCUT2D eigenvalue weighted by Crippen LogP contribution is -2.09. The largest absolute Gasteiger partial charge is 0.494 e. The molecule has 0 saturated heterocycles. The molecule has 5 nitrogen and oxygen atoms in total. The summed E-state index contributed by atoms with van der Waals surface area (Å²) in [5.74, 6) is 0.551. The van der Waals surface area contributed by atoms with Crippen LogP contribution in [-0.4, -0.2) is 13.0 Å². The number of methoxy groups -OCH3 is 1. The molecule has 0 bridgehead atoms. The van der Waals surface area contributed by atoms with Crippen LogP contribution in [0.1, 0.15) is 11.3 Å². The summed E-state index contributed by atoms with van der Waals surface area (Å²) in [6.07, 6.45) is -1.78. The van der Waals surface area contributed by atoms with Gasteiger partial charge in [-0.15, -0.1) is 0 Å². The topological polar surface area (TPSA) is 77.5 Å². The van der Waals surface area contributed by atoms with Crippen molar-refractivity contribution in [2.45, 2.75) is 6.18 Å². The number of rotatable bonds is 5. The van der Waals surface area contributed by atoms with Crippen molar-refractivity contribution in [2.24, 2.45) is 0 Å². The number of nitrogens with two attached hydrogens (primary N) is 1. The van der Waals surface area contributed by atoms with Crippen LogP contribution in [0.5, 0.6) is 5.75 Å². The second-order valence-corrected chi connectivity index (χ2v) is 6.06. The molecule has 0 radical (unpaired) electrons. The first-order chi connectivity index (χ1) is 13.8. The molecule has 2 aromatic carbocycles. The molecule has 0 fully saturated rings. The summed E-state index contributed by atoms with van der Waals surface area (Å²) in [6.45, 7) is 0. The van der Waals surface area contributed by atoms with Gasteiger partial charge in [0.05, 0.1) is 18.4 Å². The molecule has 0 atom stereocenters. The number of hydrogen-bond donors (Lipinski definition) is 2. The number of alkyl halides is 3. The van der Waals surface area contributed by atoms with E-state index in [1.807, 2.05) is 0 Å². The third kappa shape index (κ3) is 4.98. The molecule has 8 heteroatoms. The van der Waals surface area contributed by atoms with Crippen LogP contribution >= 0.6 is 0 Å². The van der Waals surface area contributed by atoms with E-state index in [4.69, 9.17) is 14.9 Å². The summed E-state index contributed by atoms with van der Waals surface area (Å²) < 4.78 is 49.2. The van der Waals surface area contributed by atoms with E-state index in [-0.39, 0.29) is 11.3 Å². The van der Waals surface area contributed by atoms with Crippen molar-refractivity contribution < 1.29 is 27.1 Å². The number of furan rings is 1. The van der Waals surface area contributed by atoms with Gasteiger partial charge in [-0.25, -0.2) is 0 Å². The number of nitrogens with one attached hydrogen (secondary N) is 1. The summed E-state index contributed by atoms with van der Waals surface area (Å²) in [6, 6.07) is 12.7. The molecule has 3 N–H and O–H groups in total. The smallest absolute Gasteiger partial charge is 0.416 e. The number of amides is 1. The number of carbonyl (C=O) groups excluding carboxylic acids is 1. The number of carbonyl (C=O) groups is 1. The van der Waals surface area contributed by atoms with Crippen molar-refractivity contribution in [2.75, 3.05) is 18.2 Å². The minimum absolute atomic E-state index is 0.261. The van der Waals surface area contributed by atoms with E-state index in [0.717, 1.165) is 12.1 Å². The maximum atomic E-state index is 12.9. The fourth-order valence-corrected chi connectivity index (χ4v) is 2.59. The Bertz CT molecular complexity index is 1060. The first kappa shape index (κ1) is 20.1. The van der Waals surface area contributed by atoms with Crippen LogP contribution in [0.25, 0.3) is 17.4 Å². The molecule has 0 aliphatic heterocycles. The third-order valence-electron chi connectivity index (χ3n) is 3.98. The normalized spacial score (nSPS) is 11.6. The summed E-state index contributed by atoms with van der Waals surface area (Å²) in [5, 5.41) is 2.65. The Morgan fingerprint density at radius 2 is 1.93 bits per heavy atom. The van der Waals surface area contributed by atoms with Gasteiger partial charge in [0.15, 0.2) is 0 Å². The maximum absolute atomic E-state index is 12.9. The van der Waals surface area contributed by atoms with Crippen LogP contribution in [0.3, 0.4) is 0 Å². The highest BCUT2D eigenvalue weighted by Crippen LogP contribution is 2.33. The lowest BCUT2D eigenvalue weighted by molar-refractivity contribution is -0.137. The van der Waals surface area contributed by atoms with Gasteiger partial charge < -0.3 is 20.2 Å². The van der Waals surface area contributed by atoms with E-state index in [0.29, 0.717) is 22.9 Å². The number of ether oxygens (including phenoxy) is 1.